The van der Waals surface area contributed by atoms with Gasteiger partial charge in [-0.25, -0.2) is 19.5 Å². The maximum Gasteiger partial charge on any atom is 0.241 e. The summed E-state index contributed by atoms with van der Waals surface area (Å²) in [5, 5.41) is 8.19. The molecule has 0 radical (unpaired) electrons. The van der Waals surface area contributed by atoms with E-state index in [0.717, 1.165) is 60.2 Å². The number of rotatable bonds is 8. The lowest BCUT2D eigenvalue weighted by Gasteiger charge is -2.29. The summed E-state index contributed by atoms with van der Waals surface area (Å²) in [6.45, 7) is 3.43. The van der Waals surface area contributed by atoms with Crippen LogP contribution in [0.25, 0.3) is 22.4 Å². The van der Waals surface area contributed by atoms with Gasteiger partial charge in [0, 0.05) is 48.6 Å². The van der Waals surface area contributed by atoms with E-state index in [2.05, 4.69) is 44.6 Å². The molecule has 5 rings (SSSR count). The fourth-order valence-corrected chi connectivity index (χ4v) is 4.39. The summed E-state index contributed by atoms with van der Waals surface area (Å²) in [4.78, 5) is 13.5. The van der Waals surface area contributed by atoms with Gasteiger partial charge in [0.15, 0.2) is 0 Å². The van der Waals surface area contributed by atoms with Crippen molar-refractivity contribution < 1.29 is 9.47 Å². The van der Waals surface area contributed by atoms with Crippen LogP contribution in [0.3, 0.4) is 0 Å². The van der Waals surface area contributed by atoms with Crippen LogP contribution in [0.2, 0.25) is 0 Å². The molecule has 4 aromatic heterocycles. The summed E-state index contributed by atoms with van der Waals surface area (Å²) < 4.78 is 14.8. The lowest BCUT2D eigenvalue weighted by atomic mass is 9.93. The summed E-state index contributed by atoms with van der Waals surface area (Å²) >= 11 is 0. The molecule has 9 heteroatoms. The van der Waals surface area contributed by atoms with E-state index in [1.54, 1.807) is 7.11 Å². The van der Waals surface area contributed by atoms with Gasteiger partial charge in [-0.1, -0.05) is 6.92 Å². The second kappa shape index (κ2) is 9.22. The van der Waals surface area contributed by atoms with Gasteiger partial charge < -0.3 is 14.8 Å². The molecular weight excluding hydrogens is 406 g/mol. The molecule has 0 atom stereocenters. The molecule has 0 unspecified atom stereocenters. The number of nitrogens with one attached hydrogen (secondary N) is 1. The second-order valence-electron chi connectivity index (χ2n) is 8.24. The third-order valence-corrected chi connectivity index (χ3v) is 6.18. The molecule has 1 aliphatic rings. The quantitative estimate of drug-likeness (QED) is 0.424. The molecule has 1 fully saturated rings. The Morgan fingerprint density at radius 3 is 2.72 bits per heavy atom. The van der Waals surface area contributed by atoms with Crippen molar-refractivity contribution in [3.8, 4) is 11.1 Å². The SMILES string of the molecule is CCc1cnc2ncc(-c3ccn4nc(N[C@H]5CC[C@@H](OCCOC)CC5)ncc34)cn12. The molecule has 0 bridgehead atoms. The van der Waals surface area contributed by atoms with Gasteiger partial charge >= 0.3 is 0 Å². The van der Waals surface area contributed by atoms with Gasteiger partial charge in [0.25, 0.3) is 0 Å². The molecule has 32 heavy (non-hydrogen) atoms. The first-order valence-electron chi connectivity index (χ1n) is 11.3. The van der Waals surface area contributed by atoms with Crippen molar-refractivity contribution in [3.63, 3.8) is 0 Å². The highest BCUT2D eigenvalue weighted by atomic mass is 16.5. The van der Waals surface area contributed by atoms with E-state index in [0.29, 0.717) is 31.3 Å². The molecule has 0 spiro atoms. The van der Waals surface area contributed by atoms with Gasteiger partial charge in [0.2, 0.25) is 11.7 Å². The Labute approximate surface area is 186 Å². The van der Waals surface area contributed by atoms with Crippen LogP contribution in [0, 0.1) is 0 Å². The topological polar surface area (TPSA) is 90.9 Å². The lowest BCUT2D eigenvalue weighted by molar-refractivity contribution is -0.00158. The van der Waals surface area contributed by atoms with Crippen molar-refractivity contribution >= 4 is 17.2 Å². The molecule has 9 nitrogen and oxygen atoms in total. The molecule has 1 saturated carbocycles. The highest BCUT2D eigenvalue weighted by Gasteiger charge is 2.22. The van der Waals surface area contributed by atoms with Gasteiger partial charge in [-0.05, 0) is 38.2 Å². The van der Waals surface area contributed by atoms with Crippen LogP contribution in [0.5, 0.6) is 0 Å². The molecule has 4 aromatic rings. The summed E-state index contributed by atoms with van der Waals surface area (Å²) in [6, 6.07) is 2.42. The van der Waals surface area contributed by atoms with Crippen molar-refractivity contribution in [2.24, 2.45) is 0 Å². The summed E-state index contributed by atoms with van der Waals surface area (Å²) in [6.07, 6.45) is 15.1. The fraction of sp³-hybridized carbons (Fsp3) is 0.478. The number of imidazole rings is 1. The fourth-order valence-electron chi connectivity index (χ4n) is 4.39. The number of aromatic nitrogens is 6. The van der Waals surface area contributed by atoms with Gasteiger partial charge in [0.1, 0.15) is 0 Å². The number of anilines is 1. The highest BCUT2D eigenvalue weighted by Crippen LogP contribution is 2.26. The van der Waals surface area contributed by atoms with Crippen molar-refractivity contribution in [1.82, 2.24) is 29.0 Å². The second-order valence-corrected chi connectivity index (χ2v) is 8.24. The third-order valence-electron chi connectivity index (χ3n) is 6.18. The Kier molecular flexibility index (Phi) is 6.00. The number of nitrogens with zero attached hydrogens (tertiary/aromatic N) is 6. The molecule has 0 amide bonds. The van der Waals surface area contributed by atoms with Crippen LogP contribution >= 0.6 is 0 Å². The van der Waals surface area contributed by atoms with Crippen LogP contribution in [0.15, 0.2) is 37.1 Å². The molecular formula is C23H29N7O2. The zero-order chi connectivity index (χ0) is 21.9. The third kappa shape index (κ3) is 4.18. The minimum Gasteiger partial charge on any atom is -0.382 e. The Hall–Kier alpha value is -3.04. The van der Waals surface area contributed by atoms with E-state index >= 15 is 0 Å². The van der Waals surface area contributed by atoms with Crippen LogP contribution < -0.4 is 5.32 Å². The Morgan fingerprint density at radius 2 is 1.91 bits per heavy atom. The molecule has 0 aliphatic heterocycles. The highest BCUT2D eigenvalue weighted by molar-refractivity contribution is 5.79. The smallest absolute Gasteiger partial charge is 0.241 e. The Bertz CT molecular complexity index is 1190. The number of aryl methyl sites for hydroxylation is 1. The van der Waals surface area contributed by atoms with Crippen LogP contribution in [0.1, 0.15) is 38.3 Å². The average Bonchev–Trinajstić information content (AvgIpc) is 3.43. The monoisotopic (exact) mass is 435 g/mol. The molecule has 168 valence electrons. The minimum atomic E-state index is 0.327. The van der Waals surface area contributed by atoms with E-state index in [4.69, 9.17) is 9.47 Å². The van der Waals surface area contributed by atoms with Crippen LogP contribution in [0.4, 0.5) is 5.95 Å². The lowest BCUT2D eigenvalue weighted by Crippen LogP contribution is -2.31. The van der Waals surface area contributed by atoms with E-state index < -0.39 is 0 Å². The van der Waals surface area contributed by atoms with Gasteiger partial charge in [-0.3, -0.25) is 4.40 Å². The molecule has 1 N–H and O–H groups in total. The standard InChI is InChI=1S/C23H29N7O2/c1-3-18-13-26-23-25-12-16(15-29(18)23)20-8-9-30-21(20)14-24-22(28-30)27-17-4-6-19(7-5-17)32-11-10-31-2/h8-9,12-15,17,19H,3-7,10-11H2,1-2H3,(H,27,28)/t17-,19+. The number of hydrogen-bond acceptors (Lipinski definition) is 7. The average molecular weight is 436 g/mol. The number of hydrogen-bond donors (Lipinski definition) is 1. The van der Waals surface area contributed by atoms with Crippen molar-refractivity contribution in [2.45, 2.75) is 51.2 Å². The summed E-state index contributed by atoms with van der Waals surface area (Å²) in [5.74, 6) is 1.37. The molecule has 4 heterocycles. The number of ether oxygens (including phenoxy) is 2. The first kappa shape index (κ1) is 20.8. The first-order chi connectivity index (χ1) is 15.7. The maximum atomic E-state index is 5.86. The largest absolute Gasteiger partial charge is 0.382 e. The number of fused-ring (bicyclic) bond motifs is 2. The van der Waals surface area contributed by atoms with Crippen molar-refractivity contribution in [3.05, 3.63) is 42.7 Å². The van der Waals surface area contributed by atoms with E-state index in [9.17, 15) is 0 Å². The van der Waals surface area contributed by atoms with E-state index in [1.165, 1.54) is 0 Å². The van der Waals surface area contributed by atoms with Crippen LogP contribution in [-0.4, -0.2) is 61.4 Å². The summed E-state index contributed by atoms with van der Waals surface area (Å²) in [7, 11) is 1.70. The van der Waals surface area contributed by atoms with E-state index in [1.807, 2.05) is 33.7 Å². The Balaban J connectivity index is 1.28. The van der Waals surface area contributed by atoms with Gasteiger partial charge in [0.05, 0.1) is 37.2 Å². The first-order valence-corrected chi connectivity index (χ1v) is 11.3. The normalized spacial score (nSPS) is 19.1. The van der Waals surface area contributed by atoms with E-state index in [-0.39, 0.29) is 0 Å². The predicted molar refractivity (Wildman–Crippen MR) is 122 cm³/mol. The minimum absolute atomic E-state index is 0.327. The van der Waals surface area contributed by atoms with Crippen LogP contribution in [-0.2, 0) is 15.9 Å². The zero-order valence-electron chi connectivity index (χ0n) is 18.6. The van der Waals surface area contributed by atoms with Gasteiger partial charge in [-0.15, -0.1) is 5.10 Å². The number of methoxy groups -OCH3 is 1. The predicted octanol–water partition coefficient (Wildman–Crippen LogP) is 3.39. The summed E-state index contributed by atoms with van der Waals surface area (Å²) in [5.41, 5.74) is 4.16. The van der Waals surface area contributed by atoms with Crippen molar-refractivity contribution in [1.29, 1.82) is 0 Å². The van der Waals surface area contributed by atoms with Crippen molar-refractivity contribution in [2.75, 3.05) is 25.6 Å². The zero-order valence-corrected chi connectivity index (χ0v) is 18.6. The Morgan fingerprint density at radius 1 is 1.06 bits per heavy atom. The maximum absolute atomic E-state index is 5.86. The molecule has 1 aliphatic carbocycles. The molecule has 0 aromatic carbocycles. The molecule has 0 saturated heterocycles. The van der Waals surface area contributed by atoms with Gasteiger partial charge in [-0.2, -0.15) is 0 Å².